The molecule has 4 aromatic rings. The quantitative estimate of drug-likeness (QED) is 0.438. The van der Waals surface area contributed by atoms with Crippen molar-refractivity contribution < 1.29 is 0 Å². The molecule has 0 aliphatic rings. The molecule has 0 spiro atoms. The third-order valence-corrected chi connectivity index (χ3v) is 3.95. The molecule has 1 heteroatoms. The summed E-state index contributed by atoms with van der Waals surface area (Å²) in [5.41, 5.74) is 2.56. The minimum Gasteiger partial charge on any atom is -0.337 e. The Morgan fingerprint density at radius 1 is 0.800 bits per heavy atom. The number of fused-ring (bicyclic) bond motifs is 4. The maximum absolute atomic E-state index is 3.89. The van der Waals surface area contributed by atoms with Gasteiger partial charge in [-0.15, -0.1) is 6.58 Å². The molecular weight excluding hydrogens is 242 g/mol. The van der Waals surface area contributed by atoms with Crippen LogP contribution in [0.3, 0.4) is 0 Å². The third kappa shape index (κ3) is 1.50. The normalized spacial score (nSPS) is 11.4. The summed E-state index contributed by atoms with van der Waals surface area (Å²) in [5.74, 6) is 0. The SMILES string of the molecule is C=CCn1c2ccccc2c2cc3ccccc3cc21. The average molecular weight is 257 g/mol. The van der Waals surface area contributed by atoms with Gasteiger partial charge in [0.25, 0.3) is 0 Å². The molecule has 4 rings (SSSR count). The average Bonchev–Trinajstić information content (AvgIpc) is 2.80. The van der Waals surface area contributed by atoms with Gasteiger partial charge in [-0.1, -0.05) is 48.5 Å². The molecule has 0 saturated carbocycles. The Bertz CT molecular complexity index is 944. The van der Waals surface area contributed by atoms with Gasteiger partial charge in [-0.3, -0.25) is 0 Å². The van der Waals surface area contributed by atoms with Crippen molar-refractivity contribution >= 4 is 32.6 Å². The van der Waals surface area contributed by atoms with Crippen LogP contribution in [0.4, 0.5) is 0 Å². The first kappa shape index (κ1) is 11.3. The fourth-order valence-electron chi connectivity index (χ4n) is 3.06. The molecule has 1 aromatic heterocycles. The van der Waals surface area contributed by atoms with Gasteiger partial charge in [0, 0.05) is 22.8 Å². The maximum atomic E-state index is 3.89. The van der Waals surface area contributed by atoms with E-state index in [2.05, 4.69) is 71.8 Å². The molecular formula is C19H15N. The van der Waals surface area contributed by atoms with Crippen LogP contribution in [-0.4, -0.2) is 4.57 Å². The summed E-state index contributed by atoms with van der Waals surface area (Å²) in [7, 11) is 0. The molecule has 0 saturated heterocycles. The topological polar surface area (TPSA) is 4.93 Å². The number of rotatable bonds is 2. The van der Waals surface area contributed by atoms with Crippen molar-refractivity contribution in [2.75, 3.05) is 0 Å². The molecule has 0 N–H and O–H groups in total. The standard InChI is InChI=1S/C19H15N/c1-2-11-20-18-10-6-5-9-16(18)17-12-14-7-3-4-8-15(14)13-19(17)20/h2-10,12-13H,1,11H2. The molecule has 0 aliphatic carbocycles. The summed E-state index contributed by atoms with van der Waals surface area (Å²) < 4.78 is 2.34. The highest BCUT2D eigenvalue weighted by Gasteiger charge is 2.10. The van der Waals surface area contributed by atoms with E-state index in [9.17, 15) is 0 Å². The van der Waals surface area contributed by atoms with Crippen molar-refractivity contribution in [1.29, 1.82) is 0 Å². The molecule has 3 aromatic carbocycles. The summed E-state index contributed by atoms with van der Waals surface area (Å²) >= 11 is 0. The van der Waals surface area contributed by atoms with Crippen molar-refractivity contribution in [3.63, 3.8) is 0 Å². The van der Waals surface area contributed by atoms with Gasteiger partial charge >= 0.3 is 0 Å². The van der Waals surface area contributed by atoms with Crippen LogP contribution in [0.2, 0.25) is 0 Å². The number of allylic oxidation sites excluding steroid dienone is 1. The lowest BCUT2D eigenvalue weighted by Gasteiger charge is -2.04. The lowest BCUT2D eigenvalue weighted by atomic mass is 10.1. The monoisotopic (exact) mass is 257 g/mol. The van der Waals surface area contributed by atoms with E-state index in [0.717, 1.165) is 6.54 Å². The minimum atomic E-state index is 0.836. The van der Waals surface area contributed by atoms with Crippen LogP contribution in [0, 0.1) is 0 Å². The van der Waals surface area contributed by atoms with Gasteiger partial charge in [0.2, 0.25) is 0 Å². The predicted octanol–water partition coefficient (Wildman–Crippen LogP) is 5.13. The summed E-state index contributed by atoms with van der Waals surface area (Å²) in [6.45, 7) is 4.73. The second kappa shape index (κ2) is 4.24. The fraction of sp³-hybridized carbons (Fsp3) is 0.0526. The highest BCUT2D eigenvalue weighted by molar-refractivity contribution is 6.12. The zero-order valence-electron chi connectivity index (χ0n) is 11.2. The summed E-state index contributed by atoms with van der Waals surface area (Å²) in [6.07, 6.45) is 1.96. The number of benzene rings is 3. The van der Waals surface area contributed by atoms with Crippen molar-refractivity contribution in [3.8, 4) is 0 Å². The van der Waals surface area contributed by atoms with Crippen molar-refractivity contribution in [2.24, 2.45) is 0 Å². The van der Waals surface area contributed by atoms with Crippen LogP contribution in [0.15, 0.2) is 73.3 Å². The number of para-hydroxylation sites is 1. The largest absolute Gasteiger partial charge is 0.337 e. The molecule has 0 fully saturated rings. The van der Waals surface area contributed by atoms with Gasteiger partial charge in [-0.2, -0.15) is 0 Å². The van der Waals surface area contributed by atoms with E-state index in [1.165, 1.54) is 32.6 Å². The zero-order chi connectivity index (χ0) is 13.5. The molecule has 20 heavy (non-hydrogen) atoms. The highest BCUT2D eigenvalue weighted by Crippen LogP contribution is 2.32. The number of hydrogen-bond donors (Lipinski definition) is 0. The summed E-state index contributed by atoms with van der Waals surface area (Å²) in [5, 5.41) is 5.21. The van der Waals surface area contributed by atoms with Crippen LogP contribution in [0.25, 0.3) is 32.6 Å². The van der Waals surface area contributed by atoms with Crippen LogP contribution >= 0.6 is 0 Å². The first-order valence-corrected chi connectivity index (χ1v) is 6.89. The molecule has 96 valence electrons. The van der Waals surface area contributed by atoms with Gasteiger partial charge in [0.1, 0.15) is 0 Å². The Labute approximate surface area is 117 Å². The number of hydrogen-bond acceptors (Lipinski definition) is 0. The molecule has 0 bridgehead atoms. The van der Waals surface area contributed by atoms with E-state index < -0.39 is 0 Å². The Balaban J connectivity index is 2.25. The van der Waals surface area contributed by atoms with Gasteiger partial charge < -0.3 is 4.57 Å². The van der Waals surface area contributed by atoms with Gasteiger partial charge in [0.15, 0.2) is 0 Å². The van der Waals surface area contributed by atoms with E-state index in [1.807, 2.05) is 6.08 Å². The molecule has 1 nitrogen and oxygen atoms in total. The smallest absolute Gasteiger partial charge is 0.0500 e. The van der Waals surface area contributed by atoms with Crippen LogP contribution in [0.1, 0.15) is 0 Å². The number of nitrogens with zero attached hydrogens (tertiary/aromatic N) is 1. The zero-order valence-corrected chi connectivity index (χ0v) is 11.2. The molecule has 0 radical (unpaired) electrons. The minimum absolute atomic E-state index is 0.836. The lowest BCUT2D eigenvalue weighted by Crippen LogP contribution is -1.93. The van der Waals surface area contributed by atoms with Crippen molar-refractivity contribution in [2.45, 2.75) is 6.54 Å². The van der Waals surface area contributed by atoms with E-state index in [4.69, 9.17) is 0 Å². The number of aromatic nitrogens is 1. The van der Waals surface area contributed by atoms with E-state index in [-0.39, 0.29) is 0 Å². The van der Waals surface area contributed by atoms with E-state index in [1.54, 1.807) is 0 Å². The van der Waals surface area contributed by atoms with Crippen molar-refractivity contribution in [3.05, 3.63) is 73.3 Å². The maximum Gasteiger partial charge on any atom is 0.0500 e. The Kier molecular flexibility index (Phi) is 2.40. The Hall–Kier alpha value is -2.54. The molecule has 0 unspecified atom stereocenters. The molecule has 1 heterocycles. The second-order valence-electron chi connectivity index (χ2n) is 5.13. The Morgan fingerprint density at radius 3 is 2.30 bits per heavy atom. The molecule has 0 amide bonds. The predicted molar refractivity (Wildman–Crippen MR) is 87.1 cm³/mol. The van der Waals surface area contributed by atoms with Gasteiger partial charge in [0.05, 0.1) is 5.52 Å². The van der Waals surface area contributed by atoms with Crippen LogP contribution in [-0.2, 0) is 6.54 Å². The van der Waals surface area contributed by atoms with Gasteiger partial charge in [-0.05, 0) is 29.0 Å². The summed E-state index contributed by atoms with van der Waals surface area (Å²) in [6, 6.07) is 21.7. The second-order valence-corrected chi connectivity index (χ2v) is 5.13. The first-order valence-electron chi connectivity index (χ1n) is 6.89. The molecule has 0 aliphatic heterocycles. The Morgan fingerprint density at radius 2 is 1.50 bits per heavy atom. The van der Waals surface area contributed by atoms with Crippen LogP contribution < -0.4 is 0 Å². The van der Waals surface area contributed by atoms with Crippen LogP contribution in [0.5, 0.6) is 0 Å². The fourth-order valence-corrected chi connectivity index (χ4v) is 3.06. The van der Waals surface area contributed by atoms with Gasteiger partial charge in [-0.25, -0.2) is 0 Å². The van der Waals surface area contributed by atoms with E-state index in [0.29, 0.717) is 0 Å². The summed E-state index contributed by atoms with van der Waals surface area (Å²) in [4.78, 5) is 0. The van der Waals surface area contributed by atoms with E-state index >= 15 is 0 Å². The highest BCUT2D eigenvalue weighted by atomic mass is 15.0. The lowest BCUT2D eigenvalue weighted by molar-refractivity contribution is 0.902. The van der Waals surface area contributed by atoms with Crippen molar-refractivity contribution in [1.82, 2.24) is 4.57 Å². The first-order chi connectivity index (χ1) is 9.88. The third-order valence-electron chi connectivity index (χ3n) is 3.95. The molecule has 0 atom stereocenters.